The zero-order chi connectivity index (χ0) is 10.7. The zero-order valence-electron chi connectivity index (χ0n) is 8.77. The molecule has 6 heteroatoms. The second kappa shape index (κ2) is 6.07. The van der Waals surface area contributed by atoms with Gasteiger partial charge in [0.05, 0.1) is 4.92 Å². The average Bonchev–Trinajstić information content (AvgIpc) is 2.07. The van der Waals surface area contributed by atoms with Crippen LogP contribution in [-0.4, -0.2) is 11.0 Å². The molecule has 0 aromatic heterocycles. The van der Waals surface area contributed by atoms with Gasteiger partial charge < -0.3 is 10.8 Å². The van der Waals surface area contributed by atoms with E-state index in [1.54, 1.807) is 13.0 Å². The number of hydrogen-bond acceptors (Lipinski definition) is 4. The largest absolute Gasteiger partial charge is 1.00 e. The molecular formula is C9H11N2NaO3. The standard InChI is InChI=1S/C9H12N2O3.Na/c1-6(10)5-7-3-2-4-8(9(7)12)11(13)14;/h2-4,6,12H,5,10H2,1H3;/q;+1/p-1. The number of nitrogens with zero attached hydrogens (tertiary/aromatic N) is 1. The zero-order valence-corrected chi connectivity index (χ0v) is 10.8. The quantitative estimate of drug-likeness (QED) is 0.346. The molecule has 0 amide bonds. The van der Waals surface area contributed by atoms with Crippen LogP contribution in [0.2, 0.25) is 0 Å². The first-order valence-corrected chi connectivity index (χ1v) is 4.21. The molecule has 0 aliphatic rings. The Hall–Kier alpha value is -0.620. The fourth-order valence-corrected chi connectivity index (χ4v) is 1.22. The van der Waals surface area contributed by atoms with Gasteiger partial charge >= 0.3 is 29.6 Å². The Morgan fingerprint density at radius 2 is 2.13 bits per heavy atom. The number of benzene rings is 1. The van der Waals surface area contributed by atoms with Crippen LogP contribution in [-0.2, 0) is 6.42 Å². The van der Waals surface area contributed by atoms with Crippen molar-refractivity contribution in [1.82, 2.24) is 0 Å². The van der Waals surface area contributed by atoms with Crippen molar-refractivity contribution >= 4 is 5.69 Å². The molecule has 76 valence electrons. The van der Waals surface area contributed by atoms with Crippen molar-refractivity contribution in [1.29, 1.82) is 0 Å². The molecule has 0 fully saturated rings. The minimum atomic E-state index is -0.674. The summed E-state index contributed by atoms with van der Waals surface area (Å²) < 4.78 is 0. The molecule has 1 aromatic carbocycles. The first-order chi connectivity index (χ1) is 6.52. The van der Waals surface area contributed by atoms with E-state index in [1.807, 2.05) is 0 Å². The van der Waals surface area contributed by atoms with Crippen LogP contribution in [0.15, 0.2) is 18.2 Å². The van der Waals surface area contributed by atoms with E-state index in [1.165, 1.54) is 12.1 Å². The molecule has 0 aliphatic heterocycles. The Bertz CT molecular complexity index is 355. The Morgan fingerprint density at radius 1 is 1.53 bits per heavy atom. The van der Waals surface area contributed by atoms with Crippen molar-refractivity contribution in [2.24, 2.45) is 5.73 Å². The van der Waals surface area contributed by atoms with Gasteiger partial charge in [0.1, 0.15) is 0 Å². The topological polar surface area (TPSA) is 92.2 Å². The van der Waals surface area contributed by atoms with Crippen LogP contribution in [0, 0.1) is 10.1 Å². The predicted octanol–water partition coefficient (Wildman–Crippen LogP) is -2.44. The molecular weight excluding hydrogens is 207 g/mol. The monoisotopic (exact) mass is 218 g/mol. The Balaban J connectivity index is 0.00000196. The van der Waals surface area contributed by atoms with Gasteiger partial charge in [-0.3, -0.25) is 10.1 Å². The van der Waals surface area contributed by atoms with Crippen molar-refractivity contribution in [2.75, 3.05) is 0 Å². The summed E-state index contributed by atoms with van der Waals surface area (Å²) >= 11 is 0. The Morgan fingerprint density at radius 3 is 2.60 bits per heavy atom. The summed E-state index contributed by atoms with van der Waals surface area (Å²) in [7, 11) is 0. The molecule has 1 atom stereocenters. The number of hydrogen-bond donors (Lipinski definition) is 1. The molecule has 0 saturated carbocycles. The fourth-order valence-electron chi connectivity index (χ4n) is 1.22. The number of nitro groups is 1. The maximum absolute atomic E-state index is 11.4. The van der Waals surface area contributed by atoms with Gasteiger partial charge in [-0.2, -0.15) is 0 Å². The van der Waals surface area contributed by atoms with E-state index >= 15 is 0 Å². The molecule has 0 bridgehead atoms. The van der Waals surface area contributed by atoms with Gasteiger partial charge in [-0.1, -0.05) is 12.1 Å². The molecule has 5 nitrogen and oxygen atoms in total. The van der Waals surface area contributed by atoms with E-state index in [0.717, 1.165) is 0 Å². The number of rotatable bonds is 3. The summed E-state index contributed by atoms with van der Waals surface area (Å²) in [5.74, 6) is -0.533. The molecule has 1 aromatic rings. The molecule has 0 aliphatic carbocycles. The number of nitro benzene ring substituents is 1. The van der Waals surface area contributed by atoms with Gasteiger partial charge in [0.2, 0.25) is 0 Å². The van der Waals surface area contributed by atoms with E-state index in [2.05, 4.69) is 0 Å². The third-order valence-electron chi connectivity index (χ3n) is 1.81. The first-order valence-electron chi connectivity index (χ1n) is 4.21. The minimum absolute atomic E-state index is 0. The molecule has 2 N–H and O–H groups in total. The predicted molar refractivity (Wildman–Crippen MR) is 49.9 cm³/mol. The van der Waals surface area contributed by atoms with Crippen molar-refractivity contribution in [3.05, 3.63) is 33.9 Å². The van der Waals surface area contributed by atoms with Crippen molar-refractivity contribution in [2.45, 2.75) is 19.4 Å². The van der Waals surface area contributed by atoms with Crippen LogP contribution in [0.3, 0.4) is 0 Å². The van der Waals surface area contributed by atoms with Gasteiger partial charge in [-0.15, -0.1) is 0 Å². The first kappa shape index (κ1) is 14.4. The molecule has 1 unspecified atom stereocenters. The second-order valence-electron chi connectivity index (χ2n) is 3.20. The summed E-state index contributed by atoms with van der Waals surface area (Å²) in [4.78, 5) is 9.76. The number of nitrogens with two attached hydrogens (primary N) is 1. The van der Waals surface area contributed by atoms with E-state index in [-0.39, 0.29) is 41.3 Å². The van der Waals surface area contributed by atoms with Gasteiger partial charge in [-0.05, 0) is 24.7 Å². The molecule has 0 heterocycles. The average molecular weight is 218 g/mol. The third kappa shape index (κ3) is 3.79. The van der Waals surface area contributed by atoms with Crippen molar-refractivity contribution < 1.29 is 39.6 Å². The second-order valence-corrected chi connectivity index (χ2v) is 3.20. The van der Waals surface area contributed by atoms with E-state index < -0.39 is 10.7 Å². The van der Waals surface area contributed by atoms with Gasteiger partial charge in [0.15, 0.2) is 0 Å². The van der Waals surface area contributed by atoms with Crippen LogP contribution < -0.4 is 40.4 Å². The summed E-state index contributed by atoms with van der Waals surface area (Å²) in [6.07, 6.45) is 0.362. The van der Waals surface area contributed by atoms with Crippen LogP contribution in [0.5, 0.6) is 5.75 Å². The number of para-hydroxylation sites is 1. The van der Waals surface area contributed by atoms with Crippen LogP contribution in [0.1, 0.15) is 12.5 Å². The molecule has 0 saturated heterocycles. The van der Waals surface area contributed by atoms with Gasteiger partial charge in [0, 0.05) is 12.1 Å². The van der Waals surface area contributed by atoms with Crippen LogP contribution in [0.25, 0.3) is 0 Å². The van der Waals surface area contributed by atoms with Gasteiger partial charge in [-0.25, -0.2) is 0 Å². The summed E-state index contributed by atoms with van der Waals surface area (Å²) in [6, 6.07) is 4.09. The van der Waals surface area contributed by atoms with E-state index in [4.69, 9.17) is 5.73 Å². The van der Waals surface area contributed by atoms with Crippen LogP contribution >= 0.6 is 0 Å². The van der Waals surface area contributed by atoms with Crippen LogP contribution in [0.4, 0.5) is 5.69 Å². The Labute approximate surface area is 110 Å². The SMILES string of the molecule is CC(N)Cc1cccc([N+](=O)[O-])c1[O-].[Na+]. The van der Waals surface area contributed by atoms with Crippen molar-refractivity contribution in [3.8, 4) is 5.75 Å². The molecule has 0 spiro atoms. The molecule has 1 rings (SSSR count). The maximum Gasteiger partial charge on any atom is 1.00 e. The minimum Gasteiger partial charge on any atom is -0.868 e. The summed E-state index contributed by atoms with van der Waals surface area (Å²) in [5, 5.41) is 21.9. The Kier molecular flexibility index (Phi) is 5.82. The van der Waals surface area contributed by atoms with Crippen molar-refractivity contribution in [3.63, 3.8) is 0 Å². The fraction of sp³-hybridized carbons (Fsp3) is 0.333. The summed E-state index contributed by atoms with van der Waals surface area (Å²) in [5.41, 5.74) is 5.52. The smallest absolute Gasteiger partial charge is 0.868 e. The molecule has 15 heavy (non-hydrogen) atoms. The van der Waals surface area contributed by atoms with Gasteiger partial charge in [0.25, 0.3) is 5.69 Å². The third-order valence-corrected chi connectivity index (χ3v) is 1.81. The maximum atomic E-state index is 11.4. The van der Waals surface area contributed by atoms with E-state index in [9.17, 15) is 15.2 Å². The molecule has 0 radical (unpaired) electrons. The van der Waals surface area contributed by atoms with E-state index in [0.29, 0.717) is 12.0 Å². The normalized spacial score (nSPS) is 11.6. The summed E-state index contributed by atoms with van der Waals surface area (Å²) in [6.45, 7) is 1.75.